The number of ether oxygens (including phenoxy) is 1. The maximum absolute atomic E-state index is 12.3. The molecule has 0 aliphatic carbocycles. The summed E-state index contributed by atoms with van der Waals surface area (Å²) < 4.78 is 5.28. The fraction of sp³-hybridized carbons (Fsp3) is 0.300. The lowest BCUT2D eigenvalue weighted by Crippen LogP contribution is -2.39. The van der Waals surface area contributed by atoms with Gasteiger partial charge in [-0.05, 0) is 43.2 Å². The predicted octanol–water partition coefficient (Wildman–Crippen LogP) is 2.98. The average molecular weight is 340 g/mol. The number of benzene rings is 2. The summed E-state index contributed by atoms with van der Waals surface area (Å²) in [6, 6.07) is 13.3. The molecule has 0 saturated carbocycles. The van der Waals surface area contributed by atoms with Crippen molar-refractivity contribution in [3.05, 3.63) is 59.2 Å². The summed E-state index contributed by atoms with van der Waals surface area (Å²) in [5.74, 6) is 0.332. The molecule has 0 heterocycles. The van der Waals surface area contributed by atoms with Gasteiger partial charge in [0, 0.05) is 24.7 Å². The normalized spacial score (nSPS) is 10.2. The lowest BCUT2D eigenvalue weighted by Gasteiger charge is -2.22. The van der Waals surface area contributed by atoms with Gasteiger partial charge in [0.2, 0.25) is 11.8 Å². The van der Waals surface area contributed by atoms with E-state index in [0.29, 0.717) is 6.54 Å². The number of nitrogens with zero attached hydrogens (tertiary/aromatic N) is 1. The zero-order chi connectivity index (χ0) is 18.4. The van der Waals surface area contributed by atoms with Crippen LogP contribution >= 0.6 is 0 Å². The Morgan fingerprint density at radius 1 is 1.08 bits per heavy atom. The highest BCUT2D eigenvalue weighted by Gasteiger charge is 2.16. The van der Waals surface area contributed by atoms with E-state index < -0.39 is 0 Å². The summed E-state index contributed by atoms with van der Waals surface area (Å²) in [6.07, 6.45) is 0. The molecule has 0 bridgehead atoms. The summed E-state index contributed by atoms with van der Waals surface area (Å²) >= 11 is 0. The standard InChI is InChI=1S/C20H24N2O3/c1-14-9-15(2)11-18(10-14)22(16(3)23)13-20(24)21-12-17-7-5-6-8-19(17)25-4/h5-11H,12-13H2,1-4H3,(H,21,24). The second kappa shape index (κ2) is 8.33. The molecule has 2 rings (SSSR count). The number of carbonyl (C=O) groups excluding carboxylic acids is 2. The van der Waals surface area contributed by atoms with E-state index in [0.717, 1.165) is 28.1 Å². The van der Waals surface area contributed by atoms with E-state index in [1.54, 1.807) is 7.11 Å². The first-order chi connectivity index (χ1) is 11.9. The minimum absolute atomic E-state index is 0.0205. The number of para-hydroxylation sites is 1. The largest absolute Gasteiger partial charge is 0.496 e. The van der Waals surface area contributed by atoms with Gasteiger partial charge in [-0.25, -0.2) is 0 Å². The summed E-state index contributed by atoms with van der Waals surface area (Å²) in [4.78, 5) is 25.8. The molecule has 0 fully saturated rings. The third kappa shape index (κ3) is 5.08. The van der Waals surface area contributed by atoms with Crippen LogP contribution in [0.5, 0.6) is 5.75 Å². The molecule has 2 aromatic carbocycles. The van der Waals surface area contributed by atoms with Crippen LogP contribution in [-0.4, -0.2) is 25.5 Å². The van der Waals surface area contributed by atoms with Crippen molar-refractivity contribution in [3.8, 4) is 5.75 Å². The number of rotatable bonds is 6. The molecule has 0 aliphatic heterocycles. The van der Waals surface area contributed by atoms with Gasteiger partial charge in [-0.1, -0.05) is 24.3 Å². The van der Waals surface area contributed by atoms with E-state index >= 15 is 0 Å². The number of anilines is 1. The van der Waals surface area contributed by atoms with Gasteiger partial charge in [0.1, 0.15) is 12.3 Å². The Kier molecular flexibility index (Phi) is 6.17. The molecule has 25 heavy (non-hydrogen) atoms. The minimum atomic E-state index is -0.222. The van der Waals surface area contributed by atoms with Crippen molar-refractivity contribution < 1.29 is 14.3 Å². The molecule has 5 heteroatoms. The van der Waals surface area contributed by atoms with Crippen LogP contribution in [0.3, 0.4) is 0 Å². The van der Waals surface area contributed by atoms with Crippen LogP contribution in [-0.2, 0) is 16.1 Å². The minimum Gasteiger partial charge on any atom is -0.496 e. The van der Waals surface area contributed by atoms with Crippen molar-refractivity contribution in [2.24, 2.45) is 0 Å². The number of methoxy groups -OCH3 is 1. The highest BCUT2D eigenvalue weighted by molar-refractivity contribution is 5.97. The number of amides is 2. The van der Waals surface area contributed by atoms with Crippen LogP contribution in [0.15, 0.2) is 42.5 Å². The predicted molar refractivity (Wildman–Crippen MR) is 98.8 cm³/mol. The van der Waals surface area contributed by atoms with Crippen LogP contribution in [0.1, 0.15) is 23.6 Å². The topological polar surface area (TPSA) is 58.6 Å². The van der Waals surface area contributed by atoms with Crippen molar-refractivity contribution in [1.29, 1.82) is 0 Å². The SMILES string of the molecule is COc1ccccc1CNC(=O)CN(C(C)=O)c1cc(C)cc(C)c1. The van der Waals surface area contributed by atoms with E-state index in [9.17, 15) is 9.59 Å². The Morgan fingerprint density at radius 2 is 1.72 bits per heavy atom. The van der Waals surface area contributed by atoms with Gasteiger partial charge in [0.05, 0.1) is 7.11 Å². The van der Waals surface area contributed by atoms with Crippen molar-refractivity contribution in [3.63, 3.8) is 0 Å². The summed E-state index contributed by atoms with van der Waals surface area (Å²) in [6.45, 7) is 5.73. The Morgan fingerprint density at radius 3 is 2.32 bits per heavy atom. The zero-order valence-corrected chi connectivity index (χ0v) is 15.1. The molecular formula is C20H24N2O3. The van der Waals surface area contributed by atoms with Crippen LogP contribution in [0, 0.1) is 13.8 Å². The summed E-state index contributed by atoms with van der Waals surface area (Å²) in [5, 5.41) is 2.85. The van der Waals surface area contributed by atoms with Crippen LogP contribution in [0.2, 0.25) is 0 Å². The molecule has 0 saturated heterocycles. The maximum Gasteiger partial charge on any atom is 0.240 e. The second-order valence-corrected chi connectivity index (χ2v) is 6.04. The van der Waals surface area contributed by atoms with Gasteiger partial charge in [-0.3, -0.25) is 9.59 Å². The first kappa shape index (κ1) is 18.5. The molecular weight excluding hydrogens is 316 g/mol. The van der Waals surface area contributed by atoms with E-state index in [2.05, 4.69) is 5.32 Å². The van der Waals surface area contributed by atoms with E-state index in [-0.39, 0.29) is 18.4 Å². The van der Waals surface area contributed by atoms with Crippen LogP contribution in [0.25, 0.3) is 0 Å². The molecule has 0 aromatic heterocycles. The van der Waals surface area contributed by atoms with Crippen molar-refractivity contribution >= 4 is 17.5 Å². The summed E-state index contributed by atoms with van der Waals surface area (Å²) in [5.41, 5.74) is 3.72. The average Bonchev–Trinajstić information content (AvgIpc) is 2.56. The Hall–Kier alpha value is -2.82. The molecule has 0 atom stereocenters. The van der Waals surface area contributed by atoms with E-state index in [1.165, 1.54) is 11.8 Å². The van der Waals surface area contributed by atoms with Gasteiger partial charge < -0.3 is 15.0 Å². The molecule has 5 nitrogen and oxygen atoms in total. The highest BCUT2D eigenvalue weighted by Crippen LogP contribution is 2.19. The zero-order valence-electron chi connectivity index (χ0n) is 15.1. The van der Waals surface area contributed by atoms with Crippen molar-refractivity contribution in [1.82, 2.24) is 5.32 Å². The fourth-order valence-electron chi connectivity index (χ4n) is 2.73. The molecule has 0 spiro atoms. The number of hydrogen-bond acceptors (Lipinski definition) is 3. The fourth-order valence-corrected chi connectivity index (χ4v) is 2.73. The van der Waals surface area contributed by atoms with Crippen LogP contribution in [0.4, 0.5) is 5.69 Å². The monoisotopic (exact) mass is 340 g/mol. The van der Waals surface area contributed by atoms with Crippen molar-refractivity contribution in [2.45, 2.75) is 27.3 Å². The highest BCUT2D eigenvalue weighted by atomic mass is 16.5. The van der Waals surface area contributed by atoms with E-state index in [4.69, 9.17) is 4.74 Å². The van der Waals surface area contributed by atoms with Crippen molar-refractivity contribution in [2.75, 3.05) is 18.6 Å². The number of hydrogen-bond donors (Lipinski definition) is 1. The quantitative estimate of drug-likeness (QED) is 0.879. The molecule has 2 amide bonds. The molecule has 0 unspecified atom stereocenters. The van der Waals surface area contributed by atoms with Gasteiger partial charge in [-0.15, -0.1) is 0 Å². The molecule has 2 aromatic rings. The molecule has 132 valence electrons. The first-order valence-electron chi connectivity index (χ1n) is 8.15. The first-order valence-corrected chi connectivity index (χ1v) is 8.15. The number of carbonyl (C=O) groups is 2. The van der Waals surface area contributed by atoms with Gasteiger partial charge in [0.15, 0.2) is 0 Å². The Bertz CT molecular complexity index is 751. The smallest absolute Gasteiger partial charge is 0.240 e. The molecule has 1 N–H and O–H groups in total. The van der Waals surface area contributed by atoms with E-state index in [1.807, 2.05) is 56.3 Å². The van der Waals surface area contributed by atoms with Gasteiger partial charge in [-0.2, -0.15) is 0 Å². The second-order valence-electron chi connectivity index (χ2n) is 6.04. The van der Waals surface area contributed by atoms with Gasteiger partial charge >= 0.3 is 0 Å². The Labute approximate surface area is 148 Å². The van der Waals surface area contributed by atoms with Gasteiger partial charge in [0.25, 0.3) is 0 Å². The lowest BCUT2D eigenvalue weighted by molar-refractivity contribution is -0.123. The third-order valence-corrected chi connectivity index (χ3v) is 3.87. The molecule has 0 aliphatic rings. The molecule has 0 radical (unpaired) electrons. The maximum atomic E-state index is 12.3. The van der Waals surface area contributed by atoms with Crippen LogP contribution < -0.4 is 15.0 Å². The summed E-state index contributed by atoms with van der Waals surface area (Å²) in [7, 11) is 1.60. The lowest BCUT2D eigenvalue weighted by atomic mass is 10.1. The Balaban J connectivity index is 2.07. The number of nitrogens with one attached hydrogen (secondary N) is 1. The number of aryl methyl sites for hydroxylation is 2. The third-order valence-electron chi connectivity index (χ3n) is 3.87.